The van der Waals surface area contributed by atoms with Gasteiger partial charge in [0.25, 0.3) is 5.91 Å². The van der Waals surface area contributed by atoms with E-state index in [1.165, 1.54) is 11.1 Å². The highest BCUT2D eigenvalue weighted by atomic mass is 16.5. The fourth-order valence-electron chi connectivity index (χ4n) is 4.59. The van der Waals surface area contributed by atoms with Crippen molar-refractivity contribution in [3.63, 3.8) is 0 Å². The molecule has 2 aromatic rings. The third-order valence-electron chi connectivity index (χ3n) is 6.00. The fraction of sp³-hybridized carbons (Fsp3) is 0.400. The molecule has 1 heterocycles. The van der Waals surface area contributed by atoms with Crippen molar-refractivity contribution in [1.82, 2.24) is 5.32 Å². The summed E-state index contributed by atoms with van der Waals surface area (Å²) in [7, 11) is 1.67. The van der Waals surface area contributed by atoms with Crippen LogP contribution in [0.2, 0.25) is 0 Å². The maximum absolute atomic E-state index is 12.9. The van der Waals surface area contributed by atoms with Crippen molar-refractivity contribution in [1.29, 1.82) is 0 Å². The molecule has 2 aromatic carbocycles. The zero-order valence-electron chi connectivity index (χ0n) is 17.7. The lowest BCUT2D eigenvalue weighted by atomic mass is 9.76. The van der Waals surface area contributed by atoms with Gasteiger partial charge in [-0.05, 0) is 55.0 Å². The number of ether oxygens (including phenoxy) is 2. The number of carbonyl (C=O) groups excluding carboxylic acids is 1. The summed E-state index contributed by atoms with van der Waals surface area (Å²) in [6.07, 6.45) is 6.40. The highest BCUT2D eigenvalue weighted by Crippen LogP contribution is 2.50. The number of hydrogen-bond donors (Lipinski definition) is 2. The van der Waals surface area contributed by atoms with Crippen LogP contribution in [0.4, 0.5) is 5.69 Å². The van der Waals surface area contributed by atoms with E-state index in [-0.39, 0.29) is 11.9 Å². The Morgan fingerprint density at radius 3 is 2.80 bits per heavy atom. The third kappa shape index (κ3) is 4.08. The van der Waals surface area contributed by atoms with Crippen LogP contribution in [0.25, 0.3) is 0 Å². The minimum Gasteiger partial charge on any atom is -0.494 e. The van der Waals surface area contributed by atoms with E-state index in [0.29, 0.717) is 37.2 Å². The molecule has 0 spiro atoms. The lowest BCUT2D eigenvalue weighted by molar-refractivity contribution is 0.0949. The van der Waals surface area contributed by atoms with Gasteiger partial charge in [-0.25, -0.2) is 0 Å². The summed E-state index contributed by atoms with van der Waals surface area (Å²) in [5.74, 6) is 1.60. The largest absolute Gasteiger partial charge is 0.494 e. The Bertz CT molecular complexity index is 907. The maximum atomic E-state index is 12.9. The maximum Gasteiger partial charge on any atom is 0.253 e. The van der Waals surface area contributed by atoms with Crippen molar-refractivity contribution in [3.8, 4) is 5.75 Å². The van der Waals surface area contributed by atoms with Crippen LogP contribution in [0.1, 0.15) is 53.2 Å². The predicted octanol–water partition coefficient (Wildman–Crippen LogP) is 4.68. The van der Waals surface area contributed by atoms with Gasteiger partial charge in [0, 0.05) is 26.2 Å². The Labute approximate surface area is 178 Å². The minimum absolute atomic E-state index is 0.0404. The van der Waals surface area contributed by atoms with Gasteiger partial charge in [-0.1, -0.05) is 36.4 Å². The van der Waals surface area contributed by atoms with E-state index in [0.717, 1.165) is 24.3 Å². The van der Waals surface area contributed by atoms with E-state index in [1.54, 1.807) is 7.11 Å². The average Bonchev–Trinajstić information content (AvgIpc) is 3.27. The molecule has 30 heavy (non-hydrogen) atoms. The normalized spacial score (nSPS) is 21.5. The molecule has 2 aliphatic rings. The first-order valence-electron chi connectivity index (χ1n) is 10.8. The molecule has 3 unspecified atom stereocenters. The summed E-state index contributed by atoms with van der Waals surface area (Å²) in [4.78, 5) is 12.9. The first-order valence-corrected chi connectivity index (χ1v) is 10.8. The van der Waals surface area contributed by atoms with Gasteiger partial charge < -0.3 is 20.1 Å². The molecule has 1 aliphatic heterocycles. The molecule has 0 aromatic heterocycles. The van der Waals surface area contributed by atoms with Crippen LogP contribution in [-0.4, -0.2) is 32.8 Å². The Hall–Kier alpha value is -2.79. The number of fused-ring (bicyclic) bond motifs is 3. The van der Waals surface area contributed by atoms with Crippen molar-refractivity contribution in [3.05, 3.63) is 71.3 Å². The molecule has 0 saturated carbocycles. The highest BCUT2D eigenvalue weighted by Gasteiger charge is 2.39. The van der Waals surface area contributed by atoms with Gasteiger partial charge in [0.2, 0.25) is 0 Å². The number of para-hydroxylation sites is 1. The first kappa shape index (κ1) is 20.5. The summed E-state index contributed by atoms with van der Waals surface area (Å²) in [5.41, 5.74) is 4.09. The number of anilines is 1. The molecule has 5 nitrogen and oxygen atoms in total. The predicted molar refractivity (Wildman–Crippen MR) is 119 cm³/mol. The second kappa shape index (κ2) is 9.35. The number of allylic oxidation sites excluding steroid dienone is 2. The Morgan fingerprint density at radius 1 is 1.20 bits per heavy atom. The summed E-state index contributed by atoms with van der Waals surface area (Å²) in [5, 5.41) is 6.75. The van der Waals surface area contributed by atoms with E-state index in [1.807, 2.05) is 31.2 Å². The van der Waals surface area contributed by atoms with Gasteiger partial charge >= 0.3 is 0 Å². The summed E-state index contributed by atoms with van der Waals surface area (Å²) in [6.45, 7) is 3.89. The minimum atomic E-state index is -0.0404. The van der Waals surface area contributed by atoms with Crippen LogP contribution in [-0.2, 0) is 4.74 Å². The van der Waals surface area contributed by atoms with Crippen molar-refractivity contribution in [2.45, 2.75) is 31.7 Å². The van der Waals surface area contributed by atoms with Crippen LogP contribution < -0.4 is 15.4 Å². The van der Waals surface area contributed by atoms with Gasteiger partial charge in [0.1, 0.15) is 5.75 Å². The van der Waals surface area contributed by atoms with Crippen molar-refractivity contribution in [2.24, 2.45) is 5.92 Å². The smallest absolute Gasteiger partial charge is 0.253 e. The number of methoxy groups -OCH3 is 1. The highest BCUT2D eigenvalue weighted by molar-refractivity contribution is 6.00. The van der Waals surface area contributed by atoms with Gasteiger partial charge in [-0.15, -0.1) is 0 Å². The molecule has 0 radical (unpaired) electrons. The van der Waals surface area contributed by atoms with Gasteiger partial charge in [-0.2, -0.15) is 0 Å². The summed E-state index contributed by atoms with van der Waals surface area (Å²) in [6, 6.07) is 14.5. The average molecular weight is 407 g/mol. The first-order chi connectivity index (χ1) is 14.7. The molecule has 4 rings (SSSR count). The van der Waals surface area contributed by atoms with Crippen LogP contribution >= 0.6 is 0 Å². The van der Waals surface area contributed by atoms with Gasteiger partial charge in [-0.3, -0.25) is 4.79 Å². The van der Waals surface area contributed by atoms with E-state index >= 15 is 0 Å². The zero-order chi connectivity index (χ0) is 20.9. The SMILES string of the molecule is CCOc1ccc(C2Nc3c(C(=O)NCCCOC)cccc3C3C=CCC32)cc1. The number of benzene rings is 2. The van der Waals surface area contributed by atoms with Crippen LogP contribution in [0.15, 0.2) is 54.6 Å². The zero-order valence-corrected chi connectivity index (χ0v) is 17.7. The van der Waals surface area contributed by atoms with Crippen molar-refractivity contribution < 1.29 is 14.3 Å². The molecule has 158 valence electrons. The molecule has 0 saturated heterocycles. The second-order valence-electron chi connectivity index (χ2n) is 7.85. The topological polar surface area (TPSA) is 59.6 Å². The third-order valence-corrected chi connectivity index (χ3v) is 6.00. The van der Waals surface area contributed by atoms with Crippen molar-refractivity contribution in [2.75, 3.05) is 32.2 Å². The number of rotatable bonds is 8. The number of carbonyl (C=O) groups is 1. The molecule has 1 aliphatic carbocycles. The molecule has 1 amide bonds. The van der Waals surface area contributed by atoms with Gasteiger partial charge in [0.15, 0.2) is 0 Å². The van der Waals surface area contributed by atoms with Gasteiger partial charge in [0.05, 0.1) is 23.9 Å². The van der Waals surface area contributed by atoms with E-state index in [9.17, 15) is 4.79 Å². The molecular weight excluding hydrogens is 376 g/mol. The van der Waals surface area contributed by atoms with E-state index < -0.39 is 0 Å². The lowest BCUT2D eigenvalue weighted by Crippen LogP contribution is -2.32. The summed E-state index contributed by atoms with van der Waals surface area (Å²) >= 11 is 0. The number of nitrogens with one attached hydrogen (secondary N) is 2. The fourth-order valence-corrected chi connectivity index (χ4v) is 4.59. The second-order valence-corrected chi connectivity index (χ2v) is 7.85. The summed E-state index contributed by atoms with van der Waals surface area (Å²) < 4.78 is 10.7. The quantitative estimate of drug-likeness (QED) is 0.494. The number of amides is 1. The molecular formula is C25H30N2O3. The Kier molecular flexibility index (Phi) is 6.38. The van der Waals surface area contributed by atoms with E-state index in [2.05, 4.69) is 41.0 Å². The van der Waals surface area contributed by atoms with Crippen LogP contribution in [0, 0.1) is 5.92 Å². The molecule has 2 N–H and O–H groups in total. The van der Waals surface area contributed by atoms with Crippen LogP contribution in [0.5, 0.6) is 5.75 Å². The molecule has 3 atom stereocenters. The van der Waals surface area contributed by atoms with Crippen molar-refractivity contribution >= 4 is 11.6 Å². The molecule has 5 heteroatoms. The Balaban J connectivity index is 1.61. The van der Waals surface area contributed by atoms with E-state index in [4.69, 9.17) is 9.47 Å². The Morgan fingerprint density at radius 2 is 2.03 bits per heavy atom. The monoisotopic (exact) mass is 406 g/mol. The standard InChI is InChI=1S/C25H30N2O3/c1-3-30-18-13-11-17(12-14-18)23-20-8-4-7-19(20)21-9-5-10-22(24(21)27-23)25(28)26-15-6-16-29-2/h4-5,7,9-14,19-20,23,27H,3,6,8,15-16H2,1-2H3,(H,26,28). The van der Waals surface area contributed by atoms with Crippen LogP contribution in [0.3, 0.4) is 0 Å². The molecule has 0 fully saturated rings. The lowest BCUT2D eigenvalue weighted by Gasteiger charge is -2.38. The number of hydrogen-bond acceptors (Lipinski definition) is 4. The molecule has 0 bridgehead atoms.